The van der Waals surface area contributed by atoms with Crippen LogP contribution in [0.2, 0.25) is 5.02 Å². The Morgan fingerprint density at radius 1 is 1.03 bits per heavy atom. The second-order valence-corrected chi connectivity index (χ2v) is 6.56. The number of anilines is 1. The van der Waals surface area contributed by atoms with Crippen molar-refractivity contribution in [3.8, 4) is 23.1 Å². The van der Waals surface area contributed by atoms with E-state index in [9.17, 15) is 4.79 Å². The van der Waals surface area contributed by atoms with Crippen LogP contribution in [0.4, 0.5) is 5.69 Å². The molecule has 0 aliphatic carbocycles. The zero-order valence-electron chi connectivity index (χ0n) is 16.2. The van der Waals surface area contributed by atoms with Crippen LogP contribution >= 0.6 is 11.6 Å². The summed E-state index contributed by atoms with van der Waals surface area (Å²) in [5.74, 6) is 2.24. The van der Waals surface area contributed by atoms with Crippen LogP contribution in [0.5, 0.6) is 23.1 Å². The van der Waals surface area contributed by atoms with Gasteiger partial charge in [0.05, 0.1) is 14.2 Å². The number of aromatic nitrogens is 1. The second-order valence-electron chi connectivity index (χ2n) is 6.12. The molecule has 0 unspecified atom stereocenters. The van der Waals surface area contributed by atoms with Gasteiger partial charge in [-0.3, -0.25) is 4.79 Å². The number of carbonyl (C=O) groups is 1. The number of pyridine rings is 1. The molecule has 3 aromatic rings. The maximum atomic E-state index is 11.8. The van der Waals surface area contributed by atoms with Gasteiger partial charge in [0.1, 0.15) is 11.4 Å². The largest absolute Gasteiger partial charge is 0.493 e. The minimum Gasteiger partial charge on any atom is -0.493 e. The Bertz CT molecular complexity index is 963. The van der Waals surface area contributed by atoms with Crippen LogP contribution in [0.3, 0.4) is 0 Å². The van der Waals surface area contributed by atoms with E-state index in [1.807, 2.05) is 18.2 Å². The number of rotatable bonds is 9. The normalized spacial score (nSPS) is 10.3. The molecule has 150 valence electrons. The molecular formula is C22H21ClN2O4. The molecule has 0 saturated carbocycles. The number of nitrogens with zero attached hydrogens (tertiary/aromatic N) is 2. The molecule has 0 atom stereocenters. The maximum absolute atomic E-state index is 11.8. The molecule has 2 aromatic carbocycles. The first kappa shape index (κ1) is 20.5. The zero-order chi connectivity index (χ0) is 20.6. The lowest BCUT2D eigenvalue weighted by molar-refractivity contribution is -0.107. The van der Waals surface area contributed by atoms with Gasteiger partial charge in [0, 0.05) is 17.8 Å². The summed E-state index contributed by atoms with van der Waals surface area (Å²) in [7, 11) is 3.19. The first-order valence-electron chi connectivity index (χ1n) is 8.96. The zero-order valence-corrected chi connectivity index (χ0v) is 16.9. The summed E-state index contributed by atoms with van der Waals surface area (Å²) in [5, 5.41) is 0.614. The molecule has 0 saturated heterocycles. The molecule has 0 spiro atoms. The number of hydrogen-bond acceptors (Lipinski definition) is 5. The number of methoxy groups -OCH3 is 2. The quantitative estimate of drug-likeness (QED) is 0.474. The van der Waals surface area contributed by atoms with Gasteiger partial charge in [-0.05, 0) is 60.5 Å². The Labute approximate surface area is 174 Å². The summed E-state index contributed by atoms with van der Waals surface area (Å²) in [4.78, 5) is 17.6. The molecule has 0 aliphatic heterocycles. The third-order valence-corrected chi connectivity index (χ3v) is 4.56. The van der Waals surface area contributed by atoms with Crippen LogP contribution in [0.25, 0.3) is 0 Å². The summed E-state index contributed by atoms with van der Waals surface area (Å²) in [5.41, 5.74) is 1.59. The van der Waals surface area contributed by atoms with E-state index in [4.69, 9.17) is 25.8 Å². The lowest BCUT2D eigenvalue weighted by Gasteiger charge is -2.20. The smallest absolute Gasteiger partial charge is 0.243 e. The van der Waals surface area contributed by atoms with Crippen molar-refractivity contribution >= 4 is 23.7 Å². The molecule has 1 aromatic heterocycles. The first-order valence-corrected chi connectivity index (χ1v) is 9.33. The fourth-order valence-electron chi connectivity index (χ4n) is 2.81. The standard InChI is InChI=1S/C22H21ClN2O4/c1-27-20-10-5-16(14-21(20)28-2)11-13-25(15-26)19-4-3-12-24-22(19)29-18-8-6-17(23)7-9-18/h3-10,12,14-15H,11,13H2,1-2H3. The maximum Gasteiger partial charge on any atom is 0.243 e. The van der Waals surface area contributed by atoms with Crippen molar-refractivity contribution in [1.82, 2.24) is 4.98 Å². The van der Waals surface area contributed by atoms with Crippen LogP contribution in [0.15, 0.2) is 60.8 Å². The van der Waals surface area contributed by atoms with Gasteiger partial charge in [0.25, 0.3) is 0 Å². The van der Waals surface area contributed by atoms with E-state index in [1.54, 1.807) is 61.7 Å². The first-order chi connectivity index (χ1) is 14.1. The van der Waals surface area contributed by atoms with E-state index in [0.29, 0.717) is 46.8 Å². The highest BCUT2D eigenvalue weighted by atomic mass is 35.5. The highest BCUT2D eigenvalue weighted by Crippen LogP contribution is 2.31. The molecule has 1 heterocycles. The van der Waals surface area contributed by atoms with Crippen molar-refractivity contribution in [1.29, 1.82) is 0 Å². The third-order valence-electron chi connectivity index (χ3n) is 4.31. The Hall–Kier alpha value is -3.25. The van der Waals surface area contributed by atoms with Crippen molar-refractivity contribution in [2.45, 2.75) is 6.42 Å². The van der Waals surface area contributed by atoms with Crippen molar-refractivity contribution < 1.29 is 19.0 Å². The van der Waals surface area contributed by atoms with E-state index in [2.05, 4.69) is 4.98 Å². The molecule has 29 heavy (non-hydrogen) atoms. The van der Waals surface area contributed by atoms with Gasteiger partial charge in [-0.25, -0.2) is 4.98 Å². The highest BCUT2D eigenvalue weighted by Gasteiger charge is 2.14. The lowest BCUT2D eigenvalue weighted by Crippen LogP contribution is -2.24. The summed E-state index contributed by atoms with van der Waals surface area (Å²) < 4.78 is 16.5. The predicted octanol–water partition coefficient (Wildman–Crippen LogP) is 4.75. The van der Waals surface area contributed by atoms with Crippen molar-refractivity contribution in [2.24, 2.45) is 0 Å². The Balaban J connectivity index is 1.76. The number of carbonyl (C=O) groups excluding carboxylic acids is 1. The molecule has 3 rings (SSSR count). The van der Waals surface area contributed by atoms with E-state index >= 15 is 0 Å². The van der Waals surface area contributed by atoms with E-state index in [-0.39, 0.29) is 0 Å². The van der Waals surface area contributed by atoms with Crippen molar-refractivity contribution in [2.75, 3.05) is 25.7 Å². The third kappa shape index (κ3) is 5.18. The summed E-state index contributed by atoms with van der Waals surface area (Å²) in [6.45, 7) is 0.446. The molecular weight excluding hydrogens is 392 g/mol. The van der Waals surface area contributed by atoms with Crippen LogP contribution in [0, 0.1) is 0 Å². The van der Waals surface area contributed by atoms with Gasteiger partial charge in [-0.15, -0.1) is 0 Å². The van der Waals surface area contributed by atoms with Gasteiger partial charge >= 0.3 is 0 Å². The van der Waals surface area contributed by atoms with Crippen LogP contribution in [-0.4, -0.2) is 32.2 Å². The van der Waals surface area contributed by atoms with Crippen molar-refractivity contribution in [3.05, 3.63) is 71.4 Å². The Morgan fingerprint density at radius 2 is 1.79 bits per heavy atom. The number of hydrogen-bond donors (Lipinski definition) is 0. The second kappa shape index (κ2) is 9.80. The van der Waals surface area contributed by atoms with Gasteiger partial charge in [0.15, 0.2) is 11.5 Å². The Kier molecular flexibility index (Phi) is 6.92. The summed E-state index contributed by atoms with van der Waals surface area (Å²) >= 11 is 5.92. The number of amides is 1. The van der Waals surface area contributed by atoms with Crippen LogP contribution in [-0.2, 0) is 11.2 Å². The molecule has 0 N–H and O–H groups in total. The molecule has 0 radical (unpaired) electrons. The predicted molar refractivity (Wildman–Crippen MR) is 112 cm³/mol. The van der Waals surface area contributed by atoms with Gasteiger partial charge in [0.2, 0.25) is 12.3 Å². The molecule has 1 amide bonds. The average Bonchev–Trinajstić information content (AvgIpc) is 2.76. The molecule has 7 heteroatoms. The lowest BCUT2D eigenvalue weighted by atomic mass is 10.1. The topological polar surface area (TPSA) is 60.9 Å². The number of benzene rings is 2. The SMILES string of the molecule is COc1ccc(CCN(C=O)c2cccnc2Oc2ccc(Cl)cc2)cc1OC. The number of halogens is 1. The minimum atomic E-state index is 0.342. The summed E-state index contributed by atoms with van der Waals surface area (Å²) in [6, 6.07) is 16.2. The number of ether oxygens (including phenoxy) is 3. The molecule has 0 aliphatic rings. The van der Waals surface area contributed by atoms with E-state index in [0.717, 1.165) is 12.0 Å². The van der Waals surface area contributed by atoms with E-state index < -0.39 is 0 Å². The van der Waals surface area contributed by atoms with Gasteiger partial charge in [-0.2, -0.15) is 0 Å². The molecule has 0 fully saturated rings. The average molecular weight is 413 g/mol. The van der Waals surface area contributed by atoms with Crippen LogP contribution in [0.1, 0.15) is 5.56 Å². The minimum absolute atomic E-state index is 0.342. The van der Waals surface area contributed by atoms with E-state index in [1.165, 1.54) is 0 Å². The highest BCUT2D eigenvalue weighted by molar-refractivity contribution is 6.30. The molecule has 6 nitrogen and oxygen atoms in total. The van der Waals surface area contributed by atoms with Crippen LogP contribution < -0.4 is 19.1 Å². The fourth-order valence-corrected chi connectivity index (χ4v) is 2.94. The van der Waals surface area contributed by atoms with Gasteiger partial charge in [-0.1, -0.05) is 17.7 Å². The molecule has 0 bridgehead atoms. The monoisotopic (exact) mass is 412 g/mol. The van der Waals surface area contributed by atoms with Crippen molar-refractivity contribution in [3.63, 3.8) is 0 Å². The van der Waals surface area contributed by atoms with Gasteiger partial charge < -0.3 is 19.1 Å². The Morgan fingerprint density at radius 3 is 2.48 bits per heavy atom. The fraction of sp³-hybridized carbons (Fsp3) is 0.182. The summed E-state index contributed by atoms with van der Waals surface area (Å²) in [6.07, 6.45) is 3.01.